The lowest BCUT2D eigenvalue weighted by molar-refractivity contribution is 0.106. The van der Waals surface area contributed by atoms with Crippen LogP contribution in [0.2, 0.25) is 5.02 Å². The fraction of sp³-hybridized carbons (Fsp3) is 0. The molecule has 0 radical (unpaired) electrons. The van der Waals surface area contributed by atoms with Gasteiger partial charge in [0.25, 0.3) is 0 Å². The zero-order valence-corrected chi connectivity index (χ0v) is 11.8. The standard InChI is InChI=1S/C16H8ClFN2O2/c17-7-1-3-11-9(5-7)13(16(22)20-11)14-15(21)10-6-8(18)2-4-12(10)19-14/h1-6,20,22H. The number of aliphatic imine (C=N–C) groups is 1. The second-order valence-electron chi connectivity index (χ2n) is 4.99. The number of aromatic amines is 1. The maximum atomic E-state index is 13.3. The number of benzene rings is 2. The van der Waals surface area contributed by atoms with Crippen molar-refractivity contribution in [2.45, 2.75) is 0 Å². The van der Waals surface area contributed by atoms with Crippen molar-refractivity contribution in [1.29, 1.82) is 0 Å². The summed E-state index contributed by atoms with van der Waals surface area (Å²) in [5.41, 5.74) is 1.56. The van der Waals surface area contributed by atoms with E-state index >= 15 is 0 Å². The Morgan fingerprint density at radius 2 is 2.00 bits per heavy atom. The number of fused-ring (bicyclic) bond motifs is 2. The molecule has 0 spiro atoms. The van der Waals surface area contributed by atoms with Gasteiger partial charge in [0.1, 0.15) is 11.5 Å². The van der Waals surface area contributed by atoms with Crippen molar-refractivity contribution in [3.8, 4) is 5.88 Å². The minimum absolute atomic E-state index is 0.0756. The van der Waals surface area contributed by atoms with Crippen LogP contribution in [0.1, 0.15) is 15.9 Å². The van der Waals surface area contributed by atoms with E-state index in [1.165, 1.54) is 12.1 Å². The lowest BCUT2D eigenvalue weighted by atomic mass is 10.0. The number of nitrogens with zero attached hydrogens (tertiary/aromatic N) is 1. The van der Waals surface area contributed by atoms with Crippen LogP contribution in [0.5, 0.6) is 5.88 Å². The van der Waals surface area contributed by atoms with Crippen LogP contribution in [-0.2, 0) is 0 Å². The third-order valence-corrected chi connectivity index (χ3v) is 3.86. The second-order valence-corrected chi connectivity index (χ2v) is 5.43. The van der Waals surface area contributed by atoms with Gasteiger partial charge in [0.05, 0.1) is 16.8 Å². The zero-order valence-electron chi connectivity index (χ0n) is 11.0. The van der Waals surface area contributed by atoms with E-state index in [9.17, 15) is 14.3 Å². The number of hydrogen-bond acceptors (Lipinski definition) is 3. The van der Waals surface area contributed by atoms with Gasteiger partial charge in [0, 0.05) is 15.9 Å². The summed E-state index contributed by atoms with van der Waals surface area (Å²) in [6, 6.07) is 8.84. The number of ketones is 1. The molecule has 0 fully saturated rings. The normalized spacial score (nSPS) is 13.5. The van der Waals surface area contributed by atoms with Gasteiger partial charge < -0.3 is 10.1 Å². The molecule has 0 saturated carbocycles. The maximum Gasteiger partial charge on any atom is 0.214 e. The number of carbonyl (C=O) groups is 1. The lowest BCUT2D eigenvalue weighted by Gasteiger charge is -1.99. The molecule has 4 rings (SSSR count). The van der Waals surface area contributed by atoms with Gasteiger partial charge in [-0.1, -0.05) is 11.6 Å². The van der Waals surface area contributed by atoms with Crippen LogP contribution in [0.3, 0.4) is 0 Å². The molecule has 1 aliphatic rings. The summed E-state index contributed by atoms with van der Waals surface area (Å²) < 4.78 is 13.3. The lowest BCUT2D eigenvalue weighted by Crippen LogP contribution is -2.11. The van der Waals surface area contributed by atoms with Gasteiger partial charge in [-0.3, -0.25) is 4.79 Å². The third kappa shape index (κ3) is 1.76. The van der Waals surface area contributed by atoms with E-state index in [1.807, 2.05) is 0 Å². The first-order valence-electron chi connectivity index (χ1n) is 6.48. The van der Waals surface area contributed by atoms with Crippen LogP contribution in [0.4, 0.5) is 10.1 Å². The molecule has 0 aliphatic carbocycles. The van der Waals surface area contributed by atoms with Crippen molar-refractivity contribution in [3.05, 3.63) is 58.4 Å². The second kappa shape index (κ2) is 4.42. The Kier molecular flexibility index (Phi) is 2.62. The van der Waals surface area contributed by atoms with E-state index in [0.29, 0.717) is 21.6 Å². The summed E-state index contributed by atoms with van der Waals surface area (Å²) in [5.74, 6) is -1.10. The van der Waals surface area contributed by atoms with Gasteiger partial charge in [-0.15, -0.1) is 0 Å². The van der Waals surface area contributed by atoms with Crippen LogP contribution in [-0.4, -0.2) is 21.6 Å². The molecule has 0 unspecified atom stereocenters. The predicted molar refractivity (Wildman–Crippen MR) is 81.9 cm³/mol. The first-order valence-corrected chi connectivity index (χ1v) is 6.86. The molecule has 3 aromatic rings. The number of aromatic hydroxyl groups is 1. The number of hydrogen-bond donors (Lipinski definition) is 2. The summed E-state index contributed by atoms with van der Waals surface area (Å²) >= 11 is 5.98. The first kappa shape index (κ1) is 13.0. The van der Waals surface area contributed by atoms with Crippen molar-refractivity contribution in [3.63, 3.8) is 0 Å². The minimum Gasteiger partial charge on any atom is -0.494 e. The Morgan fingerprint density at radius 3 is 2.82 bits per heavy atom. The molecule has 108 valence electrons. The number of carbonyl (C=O) groups excluding carboxylic acids is 1. The molecule has 2 heterocycles. The van der Waals surface area contributed by atoms with Crippen LogP contribution >= 0.6 is 11.6 Å². The van der Waals surface area contributed by atoms with Crippen molar-refractivity contribution in [2.24, 2.45) is 4.99 Å². The molecular weight excluding hydrogens is 307 g/mol. The largest absolute Gasteiger partial charge is 0.494 e. The van der Waals surface area contributed by atoms with Gasteiger partial charge >= 0.3 is 0 Å². The van der Waals surface area contributed by atoms with Crippen molar-refractivity contribution in [1.82, 2.24) is 4.98 Å². The highest BCUT2D eigenvalue weighted by Crippen LogP contribution is 2.36. The van der Waals surface area contributed by atoms with Gasteiger partial charge in [-0.25, -0.2) is 9.38 Å². The van der Waals surface area contributed by atoms with E-state index in [2.05, 4.69) is 9.98 Å². The average Bonchev–Trinajstić information content (AvgIpc) is 2.96. The summed E-state index contributed by atoms with van der Waals surface area (Å²) in [5, 5.41) is 11.2. The Hall–Kier alpha value is -2.66. The summed E-state index contributed by atoms with van der Waals surface area (Å²) in [7, 11) is 0. The Labute approximate surface area is 128 Å². The Morgan fingerprint density at radius 1 is 1.18 bits per heavy atom. The Balaban J connectivity index is 1.96. The van der Waals surface area contributed by atoms with Gasteiger partial charge in [0.2, 0.25) is 5.78 Å². The fourth-order valence-corrected chi connectivity index (χ4v) is 2.82. The number of aromatic nitrogens is 1. The fourth-order valence-electron chi connectivity index (χ4n) is 2.65. The molecule has 2 aromatic carbocycles. The molecule has 6 heteroatoms. The molecule has 2 N–H and O–H groups in total. The smallest absolute Gasteiger partial charge is 0.214 e. The molecule has 0 bridgehead atoms. The number of Topliss-reactive ketones (excluding diaryl/α,β-unsaturated/α-hetero) is 1. The van der Waals surface area contributed by atoms with Crippen molar-refractivity contribution < 1.29 is 14.3 Å². The first-order chi connectivity index (χ1) is 10.5. The number of halogens is 2. The van der Waals surface area contributed by atoms with Crippen LogP contribution < -0.4 is 0 Å². The topological polar surface area (TPSA) is 65.4 Å². The van der Waals surface area contributed by atoms with Crippen molar-refractivity contribution >= 4 is 39.7 Å². The molecule has 0 amide bonds. The van der Waals surface area contributed by atoms with E-state index in [4.69, 9.17) is 11.6 Å². The van der Waals surface area contributed by atoms with Gasteiger partial charge in [-0.2, -0.15) is 0 Å². The average molecular weight is 315 g/mol. The highest BCUT2D eigenvalue weighted by Gasteiger charge is 2.30. The van der Waals surface area contributed by atoms with Crippen LogP contribution in [0, 0.1) is 5.82 Å². The SMILES string of the molecule is O=C1C(c2c(O)[nH]c3ccc(Cl)cc23)=Nc2ccc(F)cc21. The van der Waals surface area contributed by atoms with E-state index < -0.39 is 11.6 Å². The monoisotopic (exact) mass is 314 g/mol. The molecule has 22 heavy (non-hydrogen) atoms. The van der Waals surface area contributed by atoms with Crippen molar-refractivity contribution in [2.75, 3.05) is 0 Å². The molecule has 4 nitrogen and oxygen atoms in total. The van der Waals surface area contributed by atoms with Gasteiger partial charge in [0.15, 0.2) is 5.88 Å². The summed E-state index contributed by atoms with van der Waals surface area (Å²) in [6.45, 7) is 0. The Bertz CT molecular complexity index is 991. The quantitative estimate of drug-likeness (QED) is 0.713. The van der Waals surface area contributed by atoms with Crippen LogP contribution in [0.15, 0.2) is 41.4 Å². The number of rotatable bonds is 1. The van der Waals surface area contributed by atoms with Gasteiger partial charge in [-0.05, 0) is 36.4 Å². The highest BCUT2D eigenvalue weighted by atomic mass is 35.5. The van der Waals surface area contributed by atoms with E-state index in [0.717, 1.165) is 6.07 Å². The maximum absolute atomic E-state index is 13.3. The molecular formula is C16H8ClFN2O2. The number of nitrogens with one attached hydrogen (secondary N) is 1. The molecule has 0 atom stereocenters. The summed E-state index contributed by atoms with van der Waals surface area (Å²) in [4.78, 5) is 19.5. The molecule has 1 aromatic heterocycles. The summed E-state index contributed by atoms with van der Waals surface area (Å²) in [6.07, 6.45) is 0. The predicted octanol–water partition coefficient (Wildman–Crippen LogP) is 3.98. The zero-order chi connectivity index (χ0) is 15.4. The number of H-pyrrole nitrogens is 1. The molecule has 1 aliphatic heterocycles. The van der Waals surface area contributed by atoms with E-state index in [-0.39, 0.29) is 22.7 Å². The molecule has 0 saturated heterocycles. The van der Waals surface area contributed by atoms with Crippen LogP contribution in [0.25, 0.3) is 10.9 Å². The minimum atomic E-state index is -0.505. The third-order valence-electron chi connectivity index (χ3n) is 3.63. The highest BCUT2D eigenvalue weighted by molar-refractivity contribution is 6.56. The van der Waals surface area contributed by atoms with E-state index in [1.54, 1.807) is 18.2 Å².